The minimum Gasteiger partial charge on any atom is -0.508 e. The van der Waals surface area contributed by atoms with Crippen LogP contribution in [0.5, 0.6) is 5.75 Å². The van der Waals surface area contributed by atoms with Crippen LogP contribution in [0.15, 0.2) is 12.1 Å². The van der Waals surface area contributed by atoms with Gasteiger partial charge in [-0.2, -0.15) is 0 Å². The number of aryl methyl sites for hydroxylation is 1. The van der Waals surface area contributed by atoms with Crippen molar-refractivity contribution in [2.45, 2.75) is 38.1 Å². The van der Waals surface area contributed by atoms with Crippen LogP contribution in [0.25, 0.3) is 0 Å². The lowest BCUT2D eigenvalue weighted by Crippen LogP contribution is -2.18. The Morgan fingerprint density at radius 1 is 1.35 bits per heavy atom. The number of phenols is 1. The highest BCUT2D eigenvalue weighted by Crippen LogP contribution is 2.29. The molecule has 17 heavy (non-hydrogen) atoms. The Labute approximate surface area is 100 Å². The number of aromatic hydroxyl groups is 1. The smallest absolute Gasteiger partial charge is 0.303 e. The summed E-state index contributed by atoms with van der Waals surface area (Å²) >= 11 is 0. The third-order valence-corrected chi connectivity index (χ3v) is 3.20. The second kappa shape index (κ2) is 4.75. The van der Waals surface area contributed by atoms with Crippen molar-refractivity contribution in [3.05, 3.63) is 28.8 Å². The molecule has 0 fully saturated rings. The number of nitrogens with two attached hydrogens (primary N) is 1. The molecule has 4 N–H and O–H groups in total. The van der Waals surface area contributed by atoms with Crippen LogP contribution in [-0.2, 0) is 24.1 Å². The van der Waals surface area contributed by atoms with E-state index in [9.17, 15) is 9.90 Å². The van der Waals surface area contributed by atoms with Gasteiger partial charge in [-0.15, -0.1) is 0 Å². The van der Waals surface area contributed by atoms with Crippen LogP contribution in [0.3, 0.4) is 0 Å². The summed E-state index contributed by atoms with van der Waals surface area (Å²) in [5.41, 5.74) is 9.02. The highest BCUT2D eigenvalue weighted by atomic mass is 16.4. The topological polar surface area (TPSA) is 83.5 Å². The predicted octanol–water partition coefficient (Wildman–Crippen LogP) is 1.23. The zero-order valence-corrected chi connectivity index (χ0v) is 9.65. The molecule has 1 aromatic carbocycles. The number of rotatable bonds is 4. The van der Waals surface area contributed by atoms with Gasteiger partial charge in [0.25, 0.3) is 0 Å². The lowest BCUT2D eigenvalue weighted by atomic mass is 10.0. The van der Waals surface area contributed by atoms with Gasteiger partial charge in [0.15, 0.2) is 0 Å². The molecule has 92 valence electrons. The summed E-state index contributed by atoms with van der Waals surface area (Å²) in [5.74, 6) is -0.532. The number of carboxylic acids is 1. The Bertz CT molecular complexity index is 443. The van der Waals surface area contributed by atoms with E-state index in [0.717, 1.165) is 24.0 Å². The summed E-state index contributed by atoms with van der Waals surface area (Å²) < 4.78 is 0. The standard InChI is InChI=1S/C13H17NO3/c14-11-5-9-4-8(2-1-3-13(16)17)12(15)7-10(9)6-11/h4,7,11,15H,1-3,5-6,14H2,(H,16,17). The molecule has 0 aromatic heterocycles. The predicted molar refractivity (Wildman–Crippen MR) is 64.1 cm³/mol. The highest BCUT2D eigenvalue weighted by Gasteiger charge is 2.20. The summed E-state index contributed by atoms with van der Waals surface area (Å²) in [6.45, 7) is 0. The molecule has 0 radical (unpaired) electrons. The first kappa shape index (κ1) is 11.9. The Hall–Kier alpha value is -1.55. The van der Waals surface area contributed by atoms with E-state index in [-0.39, 0.29) is 18.2 Å². The number of aliphatic carboxylic acids is 1. The van der Waals surface area contributed by atoms with E-state index in [1.165, 1.54) is 5.56 Å². The molecule has 1 aromatic rings. The van der Waals surface area contributed by atoms with Gasteiger partial charge in [-0.05, 0) is 48.4 Å². The van der Waals surface area contributed by atoms with E-state index >= 15 is 0 Å². The van der Waals surface area contributed by atoms with Crippen LogP contribution in [-0.4, -0.2) is 22.2 Å². The molecule has 4 heteroatoms. The minimum atomic E-state index is -0.798. The average Bonchev–Trinajstić information content (AvgIpc) is 2.57. The number of hydrogen-bond donors (Lipinski definition) is 3. The van der Waals surface area contributed by atoms with Gasteiger partial charge in [-0.1, -0.05) is 6.07 Å². The maximum absolute atomic E-state index is 10.4. The number of fused-ring (bicyclic) bond motifs is 1. The molecular formula is C13H17NO3. The van der Waals surface area contributed by atoms with Crippen molar-refractivity contribution in [3.63, 3.8) is 0 Å². The molecule has 0 heterocycles. The van der Waals surface area contributed by atoms with Gasteiger partial charge in [-0.25, -0.2) is 0 Å². The normalized spacial score (nSPS) is 18.1. The van der Waals surface area contributed by atoms with Crippen LogP contribution < -0.4 is 5.73 Å². The minimum absolute atomic E-state index is 0.135. The Balaban J connectivity index is 2.08. The SMILES string of the molecule is NC1Cc2cc(O)c(CCCC(=O)O)cc2C1. The first-order chi connectivity index (χ1) is 8.06. The van der Waals surface area contributed by atoms with E-state index in [2.05, 4.69) is 0 Å². The lowest BCUT2D eigenvalue weighted by molar-refractivity contribution is -0.137. The number of benzene rings is 1. The van der Waals surface area contributed by atoms with Crippen molar-refractivity contribution in [2.24, 2.45) is 5.73 Å². The van der Waals surface area contributed by atoms with E-state index in [0.29, 0.717) is 12.8 Å². The average molecular weight is 235 g/mol. The maximum Gasteiger partial charge on any atom is 0.303 e. The molecule has 0 saturated heterocycles. The fraction of sp³-hybridized carbons (Fsp3) is 0.462. The first-order valence-electron chi connectivity index (χ1n) is 5.87. The van der Waals surface area contributed by atoms with Crippen molar-refractivity contribution in [2.75, 3.05) is 0 Å². The van der Waals surface area contributed by atoms with Crippen molar-refractivity contribution in [1.82, 2.24) is 0 Å². The Morgan fingerprint density at radius 3 is 2.65 bits per heavy atom. The zero-order valence-electron chi connectivity index (χ0n) is 9.65. The summed E-state index contributed by atoms with van der Waals surface area (Å²) in [6, 6.07) is 3.90. The molecule has 0 saturated carbocycles. The van der Waals surface area contributed by atoms with E-state index in [1.807, 2.05) is 6.07 Å². The van der Waals surface area contributed by atoms with Gasteiger partial charge in [0.05, 0.1) is 0 Å². The second-order valence-electron chi connectivity index (χ2n) is 4.67. The lowest BCUT2D eigenvalue weighted by Gasteiger charge is -2.07. The summed E-state index contributed by atoms with van der Waals surface area (Å²) in [7, 11) is 0. The summed E-state index contributed by atoms with van der Waals surface area (Å²) in [5, 5.41) is 18.4. The van der Waals surface area contributed by atoms with Gasteiger partial charge >= 0.3 is 5.97 Å². The van der Waals surface area contributed by atoms with E-state index in [1.54, 1.807) is 6.07 Å². The molecule has 0 aliphatic heterocycles. The van der Waals surface area contributed by atoms with Crippen molar-refractivity contribution in [1.29, 1.82) is 0 Å². The molecule has 4 nitrogen and oxygen atoms in total. The van der Waals surface area contributed by atoms with Gasteiger partial charge in [-0.3, -0.25) is 4.79 Å². The summed E-state index contributed by atoms with van der Waals surface area (Å²) in [4.78, 5) is 10.4. The van der Waals surface area contributed by atoms with Crippen LogP contribution in [0.1, 0.15) is 29.5 Å². The van der Waals surface area contributed by atoms with Crippen molar-refractivity contribution < 1.29 is 15.0 Å². The van der Waals surface area contributed by atoms with Gasteiger partial charge in [0, 0.05) is 12.5 Å². The van der Waals surface area contributed by atoms with Gasteiger partial charge in [0.2, 0.25) is 0 Å². The second-order valence-corrected chi connectivity index (χ2v) is 4.67. The number of carboxylic acid groups (broad SMARTS) is 1. The molecule has 0 bridgehead atoms. The number of hydrogen-bond acceptors (Lipinski definition) is 3. The third-order valence-electron chi connectivity index (χ3n) is 3.20. The fourth-order valence-corrected chi connectivity index (χ4v) is 2.37. The highest BCUT2D eigenvalue weighted by molar-refractivity contribution is 5.66. The van der Waals surface area contributed by atoms with Crippen LogP contribution in [0.2, 0.25) is 0 Å². The van der Waals surface area contributed by atoms with Crippen LogP contribution in [0.4, 0.5) is 0 Å². The fourth-order valence-electron chi connectivity index (χ4n) is 2.37. The van der Waals surface area contributed by atoms with E-state index in [4.69, 9.17) is 10.8 Å². The first-order valence-corrected chi connectivity index (χ1v) is 5.87. The monoisotopic (exact) mass is 235 g/mol. The van der Waals surface area contributed by atoms with Crippen molar-refractivity contribution in [3.8, 4) is 5.75 Å². The van der Waals surface area contributed by atoms with Crippen LogP contribution in [0, 0.1) is 0 Å². The molecule has 1 unspecified atom stereocenters. The molecular weight excluding hydrogens is 218 g/mol. The Morgan fingerprint density at radius 2 is 2.00 bits per heavy atom. The molecule has 0 spiro atoms. The molecule has 1 aliphatic rings. The molecule has 1 atom stereocenters. The van der Waals surface area contributed by atoms with Gasteiger partial charge < -0.3 is 15.9 Å². The molecule has 2 rings (SSSR count). The Kier molecular flexibility index (Phi) is 3.33. The third kappa shape index (κ3) is 2.77. The quantitative estimate of drug-likeness (QED) is 0.732. The molecule has 1 aliphatic carbocycles. The number of carbonyl (C=O) groups is 1. The van der Waals surface area contributed by atoms with Crippen molar-refractivity contribution >= 4 is 5.97 Å². The van der Waals surface area contributed by atoms with Crippen LogP contribution >= 0.6 is 0 Å². The summed E-state index contributed by atoms with van der Waals surface area (Å²) in [6.07, 6.45) is 2.95. The largest absolute Gasteiger partial charge is 0.508 e. The maximum atomic E-state index is 10.4. The van der Waals surface area contributed by atoms with Gasteiger partial charge in [0.1, 0.15) is 5.75 Å². The number of phenolic OH excluding ortho intramolecular Hbond substituents is 1. The van der Waals surface area contributed by atoms with E-state index < -0.39 is 5.97 Å². The zero-order chi connectivity index (χ0) is 12.4. The molecule has 0 amide bonds.